The van der Waals surface area contributed by atoms with Gasteiger partial charge in [-0.15, -0.1) is 11.8 Å². The second-order valence-electron chi connectivity index (χ2n) is 2.62. The van der Waals surface area contributed by atoms with Crippen LogP contribution < -0.4 is 0 Å². The van der Waals surface area contributed by atoms with Gasteiger partial charge < -0.3 is 0 Å². The highest BCUT2D eigenvalue weighted by Crippen LogP contribution is 2.30. The van der Waals surface area contributed by atoms with E-state index >= 15 is 0 Å². The topological polar surface area (TPSA) is 12.9 Å². The molecule has 1 nitrogen and oxygen atoms in total. The van der Waals surface area contributed by atoms with E-state index in [1.54, 1.807) is 0 Å². The molecule has 0 fully saturated rings. The lowest BCUT2D eigenvalue weighted by atomic mass is 10.1. The van der Waals surface area contributed by atoms with Gasteiger partial charge in [0, 0.05) is 18.1 Å². The highest BCUT2D eigenvalue weighted by atomic mass is 32.2. The van der Waals surface area contributed by atoms with Gasteiger partial charge in [0.2, 0.25) is 0 Å². The Hall–Kier alpha value is -0.760. The Balaban J connectivity index is 2.51. The van der Waals surface area contributed by atoms with E-state index in [1.165, 1.54) is 16.0 Å². The van der Waals surface area contributed by atoms with Gasteiger partial charge in [0.15, 0.2) is 0 Å². The lowest BCUT2D eigenvalue weighted by Gasteiger charge is -2.11. The number of nitrogens with zero attached hydrogens (tertiary/aromatic N) is 1. The molecule has 1 aliphatic rings. The van der Waals surface area contributed by atoms with Crippen LogP contribution in [0, 0.1) is 0 Å². The number of thioether (sulfide) groups is 1. The molecule has 2 heterocycles. The second-order valence-corrected chi connectivity index (χ2v) is 3.84. The number of pyridine rings is 1. The van der Waals surface area contributed by atoms with Crippen LogP contribution in [0.2, 0.25) is 0 Å². The summed E-state index contributed by atoms with van der Waals surface area (Å²) in [6.07, 6.45) is 6.01. The fourth-order valence-electron chi connectivity index (χ4n) is 1.15. The fraction of sp³-hybridized carbons (Fsp3) is 0.222. The summed E-state index contributed by atoms with van der Waals surface area (Å²) in [6.45, 7) is 2.15. The minimum atomic E-state index is 1.07. The molecule has 0 unspecified atom stereocenters. The molecule has 0 amide bonds. The van der Waals surface area contributed by atoms with Crippen molar-refractivity contribution in [1.29, 1.82) is 0 Å². The Kier molecular flexibility index (Phi) is 1.70. The highest BCUT2D eigenvalue weighted by molar-refractivity contribution is 8.02. The number of rotatable bonds is 0. The first-order valence-electron chi connectivity index (χ1n) is 3.60. The molecule has 0 atom stereocenters. The Morgan fingerprint density at radius 2 is 2.45 bits per heavy atom. The molecule has 0 aliphatic carbocycles. The Labute approximate surface area is 70.5 Å². The first kappa shape index (κ1) is 6.92. The van der Waals surface area contributed by atoms with Crippen LogP contribution in [0.15, 0.2) is 23.4 Å². The van der Waals surface area contributed by atoms with Crippen molar-refractivity contribution in [2.75, 3.05) is 0 Å². The Morgan fingerprint density at radius 3 is 3.36 bits per heavy atom. The molecule has 11 heavy (non-hydrogen) atoms. The van der Waals surface area contributed by atoms with Crippen molar-refractivity contribution in [3.8, 4) is 0 Å². The van der Waals surface area contributed by atoms with Crippen molar-refractivity contribution in [2.24, 2.45) is 0 Å². The molecule has 0 saturated carbocycles. The molecule has 2 rings (SSSR count). The largest absolute Gasteiger partial charge is 0.264 e. The van der Waals surface area contributed by atoms with E-state index in [9.17, 15) is 0 Å². The summed E-state index contributed by atoms with van der Waals surface area (Å²) in [6, 6.07) is 2.07. The van der Waals surface area contributed by atoms with Gasteiger partial charge in [0.25, 0.3) is 0 Å². The molecule has 0 aromatic carbocycles. The first-order valence-corrected chi connectivity index (χ1v) is 4.59. The van der Waals surface area contributed by atoms with Crippen LogP contribution in [0.3, 0.4) is 0 Å². The van der Waals surface area contributed by atoms with Crippen molar-refractivity contribution < 1.29 is 0 Å². The lowest BCUT2D eigenvalue weighted by molar-refractivity contribution is 1.23. The number of hydrogen-bond acceptors (Lipinski definition) is 2. The molecule has 1 aromatic rings. The van der Waals surface area contributed by atoms with Gasteiger partial charge in [0.05, 0.1) is 0 Å². The maximum Gasteiger partial charge on any atom is 0.0314 e. The molecule has 0 saturated heterocycles. The maximum atomic E-state index is 4.08. The van der Waals surface area contributed by atoms with Crippen molar-refractivity contribution >= 4 is 17.8 Å². The molecular formula is C9H9NS. The van der Waals surface area contributed by atoms with Gasteiger partial charge in [-0.25, -0.2) is 0 Å². The fourth-order valence-corrected chi connectivity index (χ4v) is 1.99. The minimum absolute atomic E-state index is 1.07. The van der Waals surface area contributed by atoms with E-state index in [0.29, 0.717) is 0 Å². The summed E-state index contributed by atoms with van der Waals surface area (Å²) in [5.41, 5.74) is 2.68. The first-order chi connectivity index (χ1) is 5.36. The monoisotopic (exact) mass is 163 g/mol. The number of hydrogen-bond donors (Lipinski definition) is 0. The Bertz CT molecular complexity index is 304. The molecule has 1 aliphatic heterocycles. The zero-order valence-corrected chi connectivity index (χ0v) is 7.19. The maximum absolute atomic E-state index is 4.08. The van der Waals surface area contributed by atoms with Crippen LogP contribution in [0.25, 0.3) is 6.08 Å². The molecule has 2 heteroatoms. The molecule has 1 aromatic heterocycles. The summed E-state index contributed by atoms with van der Waals surface area (Å²) >= 11 is 1.88. The van der Waals surface area contributed by atoms with Crippen molar-refractivity contribution in [1.82, 2.24) is 4.98 Å². The van der Waals surface area contributed by atoms with Crippen LogP contribution in [-0.2, 0) is 5.75 Å². The van der Waals surface area contributed by atoms with Gasteiger partial charge >= 0.3 is 0 Å². The van der Waals surface area contributed by atoms with Gasteiger partial charge in [0.1, 0.15) is 0 Å². The predicted octanol–water partition coefficient (Wildman–Crippen LogP) is 2.69. The zero-order chi connectivity index (χ0) is 7.68. The van der Waals surface area contributed by atoms with Crippen LogP contribution in [0.5, 0.6) is 0 Å². The average molecular weight is 163 g/mol. The zero-order valence-electron chi connectivity index (χ0n) is 6.37. The molecule has 0 radical (unpaired) electrons. The van der Waals surface area contributed by atoms with Gasteiger partial charge in [-0.2, -0.15) is 0 Å². The predicted molar refractivity (Wildman–Crippen MR) is 49.2 cm³/mol. The van der Waals surface area contributed by atoms with E-state index in [2.05, 4.69) is 24.1 Å². The number of aromatic nitrogens is 1. The van der Waals surface area contributed by atoms with Gasteiger partial charge in [-0.05, 0) is 35.1 Å². The average Bonchev–Trinajstić information content (AvgIpc) is 2.04. The van der Waals surface area contributed by atoms with Crippen LogP contribution in [0.1, 0.15) is 18.1 Å². The van der Waals surface area contributed by atoms with Crippen molar-refractivity contribution in [3.63, 3.8) is 0 Å². The summed E-state index contributed by atoms with van der Waals surface area (Å²) in [5, 5.41) is 0. The third-order valence-electron chi connectivity index (χ3n) is 1.76. The summed E-state index contributed by atoms with van der Waals surface area (Å²) in [4.78, 5) is 5.47. The summed E-state index contributed by atoms with van der Waals surface area (Å²) < 4.78 is 0. The quantitative estimate of drug-likeness (QED) is 0.583. The summed E-state index contributed by atoms with van der Waals surface area (Å²) in [5.74, 6) is 1.07. The van der Waals surface area contributed by atoms with Gasteiger partial charge in [-0.3, -0.25) is 4.98 Å². The van der Waals surface area contributed by atoms with Crippen LogP contribution >= 0.6 is 11.8 Å². The van der Waals surface area contributed by atoms with E-state index in [1.807, 2.05) is 24.2 Å². The van der Waals surface area contributed by atoms with E-state index in [0.717, 1.165) is 5.75 Å². The van der Waals surface area contributed by atoms with Gasteiger partial charge in [-0.1, -0.05) is 0 Å². The number of fused-ring (bicyclic) bond motifs is 1. The summed E-state index contributed by atoms with van der Waals surface area (Å²) in [7, 11) is 0. The lowest BCUT2D eigenvalue weighted by Crippen LogP contribution is -1.92. The molecular weight excluding hydrogens is 154 g/mol. The minimum Gasteiger partial charge on any atom is -0.264 e. The third-order valence-corrected chi connectivity index (χ3v) is 2.78. The second kappa shape index (κ2) is 2.70. The van der Waals surface area contributed by atoms with E-state index in [-0.39, 0.29) is 0 Å². The van der Waals surface area contributed by atoms with Crippen molar-refractivity contribution in [2.45, 2.75) is 12.7 Å². The SMILES string of the molecule is CC1=Cc2ccncc2CS1. The van der Waals surface area contributed by atoms with Crippen LogP contribution in [-0.4, -0.2) is 4.98 Å². The molecule has 0 bridgehead atoms. The third kappa shape index (κ3) is 1.31. The molecule has 0 spiro atoms. The smallest absolute Gasteiger partial charge is 0.0314 e. The van der Waals surface area contributed by atoms with E-state index < -0.39 is 0 Å². The normalized spacial score (nSPS) is 15.5. The van der Waals surface area contributed by atoms with Crippen molar-refractivity contribution in [3.05, 3.63) is 34.5 Å². The Morgan fingerprint density at radius 1 is 1.55 bits per heavy atom. The number of allylic oxidation sites excluding steroid dienone is 1. The molecule has 56 valence electrons. The van der Waals surface area contributed by atoms with E-state index in [4.69, 9.17) is 0 Å². The highest BCUT2D eigenvalue weighted by Gasteiger charge is 2.06. The standard InChI is InChI=1S/C9H9NS/c1-7-4-8-2-3-10-5-9(8)6-11-7/h2-5H,6H2,1H3. The van der Waals surface area contributed by atoms with Crippen LogP contribution in [0.4, 0.5) is 0 Å². The molecule has 0 N–H and O–H groups in total.